The van der Waals surface area contributed by atoms with Gasteiger partial charge in [-0.05, 0) is 56.3 Å². The van der Waals surface area contributed by atoms with Crippen molar-refractivity contribution in [3.8, 4) is 0 Å². The van der Waals surface area contributed by atoms with Gasteiger partial charge in [0.15, 0.2) is 0 Å². The van der Waals surface area contributed by atoms with Crippen LogP contribution in [-0.2, 0) is 9.53 Å². The van der Waals surface area contributed by atoms with E-state index in [4.69, 9.17) is 4.74 Å². The zero-order valence-corrected chi connectivity index (χ0v) is 15.3. The molecule has 2 saturated heterocycles. The van der Waals surface area contributed by atoms with Crippen LogP contribution >= 0.6 is 22.6 Å². The van der Waals surface area contributed by atoms with Crippen LogP contribution in [0.15, 0.2) is 0 Å². The van der Waals surface area contributed by atoms with Crippen molar-refractivity contribution in [3.05, 3.63) is 0 Å². The molecular formula is C17H28INO2. The number of piperidine rings is 1. The number of esters is 1. The minimum Gasteiger partial charge on any atom is -0.469 e. The molecule has 3 fully saturated rings. The third-order valence-corrected chi connectivity index (χ3v) is 7.80. The number of ether oxygens (including phenoxy) is 1. The minimum absolute atomic E-state index is 0.0282. The summed E-state index contributed by atoms with van der Waals surface area (Å²) in [4.78, 5) is 12.3. The van der Waals surface area contributed by atoms with E-state index < -0.39 is 0 Å². The molecule has 21 heavy (non-hydrogen) atoms. The van der Waals surface area contributed by atoms with E-state index in [-0.39, 0.29) is 11.9 Å². The summed E-state index contributed by atoms with van der Waals surface area (Å²) in [5, 5.41) is 3.65. The van der Waals surface area contributed by atoms with E-state index in [0.717, 1.165) is 22.2 Å². The highest BCUT2D eigenvalue weighted by molar-refractivity contribution is 14.1. The van der Waals surface area contributed by atoms with E-state index in [0.29, 0.717) is 18.0 Å². The van der Waals surface area contributed by atoms with Crippen molar-refractivity contribution in [2.45, 2.75) is 67.9 Å². The molecular weight excluding hydrogens is 377 g/mol. The van der Waals surface area contributed by atoms with Gasteiger partial charge in [-0.25, -0.2) is 0 Å². The molecule has 3 aliphatic rings. The summed E-state index contributed by atoms with van der Waals surface area (Å²) in [5.41, 5.74) is 0. The molecule has 3 rings (SSSR count). The van der Waals surface area contributed by atoms with Gasteiger partial charge in [0, 0.05) is 16.0 Å². The largest absolute Gasteiger partial charge is 0.469 e. The van der Waals surface area contributed by atoms with Crippen LogP contribution in [0.25, 0.3) is 0 Å². The molecule has 4 unspecified atom stereocenters. The minimum atomic E-state index is 0.0282. The van der Waals surface area contributed by atoms with Gasteiger partial charge in [0.1, 0.15) is 0 Å². The van der Waals surface area contributed by atoms with E-state index in [1.54, 1.807) is 7.11 Å². The maximum absolute atomic E-state index is 12.3. The molecule has 0 aromatic carbocycles. The molecule has 120 valence electrons. The average molecular weight is 405 g/mol. The van der Waals surface area contributed by atoms with Crippen molar-refractivity contribution >= 4 is 28.6 Å². The monoisotopic (exact) mass is 405 g/mol. The zero-order valence-electron chi connectivity index (χ0n) is 13.2. The molecule has 0 aromatic rings. The number of hydrogen-bond donors (Lipinski definition) is 1. The Morgan fingerprint density at radius 2 is 2.05 bits per heavy atom. The van der Waals surface area contributed by atoms with Crippen molar-refractivity contribution in [3.63, 3.8) is 0 Å². The second-order valence-corrected chi connectivity index (χ2v) is 8.85. The summed E-state index contributed by atoms with van der Waals surface area (Å²) in [7, 11) is 1.55. The Labute approximate surface area is 142 Å². The summed E-state index contributed by atoms with van der Waals surface area (Å²) in [6.07, 6.45) is 8.85. The number of hydrogen-bond acceptors (Lipinski definition) is 3. The van der Waals surface area contributed by atoms with Gasteiger partial charge in [0.05, 0.1) is 13.0 Å². The maximum atomic E-state index is 12.3. The van der Waals surface area contributed by atoms with Crippen LogP contribution in [0.5, 0.6) is 0 Å². The van der Waals surface area contributed by atoms with Crippen molar-refractivity contribution in [1.82, 2.24) is 5.32 Å². The second kappa shape index (κ2) is 6.73. The number of nitrogens with one attached hydrogen (secondary N) is 1. The van der Waals surface area contributed by atoms with Gasteiger partial charge in [0.2, 0.25) is 0 Å². The average Bonchev–Trinajstić information content (AvgIpc) is 2.87. The first kappa shape index (κ1) is 16.0. The fraction of sp³-hybridized carbons (Fsp3) is 0.941. The third kappa shape index (κ3) is 3.12. The first-order valence-electron chi connectivity index (χ1n) is 8.62. The number of alkyl halides is 1. The van der Waals surface area contributed by atoms with Crippen LogP contribution in [0.4, 0.5) is 0 Å². The smallest absolute Gasteiger partial charge is 0.310 e. The van der Waals surface area contributed by atoms with Crippen LogP contribution in [0.1, 0.15) is 51.9 Å². The van der Waals surface area contributed by atoms with E-state index in [1.165, 1.54) is 38.5 Å². The molecule has 2 aliphatic heterocycles. The Bertz CT molecular complexity index is 389. The van der Waals surface area contributed by atoms with Gasteiger partial charge in [-0.3, -0.25) is 4.79 Å². The van der Waals surface area contributed by atoms with Crippen molar-refractivity contribution in [2.24, 2.45) is 23.7 Å². The molecule has 2 bridgehead atoms. The van der Waals surface area contributed by atoms with Crippen molar-refractivity contribution < 1.29 is 9.53 Å². The first-order chi connectivity index (χ1) is 10.1. The Kier molecular flexibility index (Phi) is 5.14. The van der Waals surface area contributed by atoms with E-state index in [9.17, 15) is 4.79 Å². The summed E-state index contributed by atoms with van der Waals surface area (Å²) in [6, 6.07) is 1.02. The normalized spacial score (nSPS) is 46.3. The van der Waals surface area contributed by atoms with Gasteiger partial charge in [-0.15, -0.1) is 0 Å². The Morgan fingerprint density at radius 1 is 1.24 bits per heavy atom. The van der Waals surface area contributed by atoms with Gasteiger partial charge in [-0.2, -0.15) is 0 Å². The number of halogens is 1. The predicted octanol–water partition coefficient (Wildman–Crippen LogP) is 3.55. The van der Waals surface area contributed by atoms with Gasteiger partial charge in [-0.1, -0.05) is 35.9 Å². The number of carbonyl (C=O) groups excluding carboxylic acids is 1. The highest BCUT2D eigenvalue weighted by atomic mass is 127. The number of methoxy groups -OCH3 is 1. The Morgan fingerprint density at radius 3 is 2.71 bits per heavy atom. The lowest BCUT2D eigenvalue weighted by molar-refractivity contribution is -0.151. The lowest BCUT2D eigenvalue weighted by Gasteiger charge is -2.44. The summed E-state index contributed by atoms with van der Waals surface area (Å²) in [6.45, 7) is 2.32. The molecule has 3 nitrogen and oxygen atoms in total. The van der Waals surface area contributed by atoms with E-state index in [2.05, 4.69) is 34.8 Å². The lowest BCUT2D eigenvalue weighted by Crippen LogP contribution is -2.51. The van der Waals surface area contributed by atoms with Crippen LogP contribution in [-0.4, -0.2) is 29.1 Å². The van der Waals surface area contributed by atoms with Crippen molar-refractivity contribution in [2.75, 3.05) is 7.11 Å². The van der Waals surface area contributed by atoms with Crippen LogP contribution in [0.3, 0.4) is 0 Å². The summed E-state index contributed by atoms with van der Waals surface area (Å²) in [5.74, 6) is 2.29. The summed E-state index contributed by atoms with van der Waals surface area (Å²) >= 11 is 2.66. The fourth-order valence-electron chi connectivity index (χ4n) is 5.11. The topological polar surface area (TPSA) is 38.3 Å². The van der Waals surface area contributed by atoms with Gasteiger partial charge < -0.3 is 10.1 Å². The SMILES string of the molecule is CC[C@@H]1CCC([C@H]2C[C@H]3CCC(N3)C2C(=O)OC)CC1I. The zero-order chi connectivity index (χ0) is 15.0. The van der Waals surface area contributed by atoms with E-state index >= 15 is 0 Å². The number of rotatable bonds is 3. The maximum Gasteiger partial charge on any atom is 0.310 e. The van der Waals surface area contributed by atoms with Crippen LogP contribution in [0.2, 0.25) is 0 Å². The molecule has 0 spiro atoms. The fourth-order valence-corrected chi connectivity index (χ4v) is 6.63. The highest BCUT2D eigenvalue weighted by Crippen LogP contribution is 2.47. The van der Waals surface area contributed by atoms with Crippen LogP contribution in [0, 0.1) is 23.7 Å². The van der Waals surface area contributed by atoms with Gasteiger partial charge in [0.25, 0.3) is 0 Å². The molecule has 0 amide bonds. The van der Waals surface area contributed by atoms with Gasteiger partial charge >= 0.3 is 5.97 Å². The third-order valence-electron chi connectivity index (χ3n) is 6.28. The Hall–Kier alpha value is 0.160. The highest BCUT2D eigenvalue weighted by Gasteiger charge is 2.49. The molecule has 0 radical (unpaired) electrons. The molecule has 1 saturated carbocycles. The number of fused-ring (bicyclic) bond motifs is 2. The predicted molar refractivity (Wildman–Crippen MR) is 92.5 cm³/mol. The number of carbonyl (C=O) groups is 1. The molecule has 1 aliphatic carbocycles. The lowest BCUT2D eigenvalue weighted by atomic mass is 9.67. The molecule has 2 heterocycles. The molecule has 0 aromatic heterocycles. The molecule has 1 N–H and O–H groups in total. The standard InChI is InChI=1S/C17H28INO2/c1-3-10-4-5-11(8-14(10)18)13-9-12-6-7-15(19-12)16(13)17(20)21-2/h10-16,19H,3-9H2,1-2H3/t10-,11?,12-,13-,14?,15?,16?/m1/s1. The molecule has 4 heteroatoms. The van der Waals surface area contributed by atoms with E-state index in [1.807, 2.05) is 0 Å². The summed E-state index contributed by atoms with van der Waals surface area (Å²) < 4.78 is 5.94. The van der Waals surface area contributed by atoms with Crippen molar-refractivity contribution in [1.29, 1.82) is 0 Å². The first-order valence-corrected chi connectivity index (χ1v) is 9.86. The quantitative estimate of drug-likeness (QED) is 0.444. The molecule has 7 atom stereocenters. The second-order valence-electron chi connectivity index (χ2n) is 7.25. The van der Waals surface area contributed by atoms with Crippen LogP contribution < -0.4 is 5.32 Å². The Balaban J connectivity index is 1.74.